The zero-order valence-corrected chi connectivity index (χ0v) is 29.0. The van der Waals surface area contributed by atoms with Gasteiger partial charge in [-0.1, -0.05) is 95.8 Å². The van der Waals surface area contributed by atoms with Gasteiger partial charge in [-0.05, 0) is 62.3 Å². The van der Waals surface area contributed by atoms with Gasteiger partial charge < -0.3 is 26.1 Å². The Kier molecular flexibility index (Phi) is 19.6. The third-order valence-electron chi connectivity index (χ3n) is 7.28. The van der Waals surface area contributed by atoms with Crippen LogP contribution in [0.4, 0.5) is 5.82 Å². The molecule has 1 unspecified atom stereocenters. The average molecular weight is 636 g/mol. The van der Waals surface area contributed by atoms with E-state index >= 15 is 0 Å². The summed E-state index contributed by atoms with van der Waals surface area (Å²) in [4.78, 5) is 42.5. The lowest BCUT2D eigenvalue weighted by molar-refractivity contribution is -0.129. The van der Waals surface area contributed by atoms with Gasteiger partial charge in [0.25, 0.3) is 0 Å². The van der Waals surface area contributed by atoms with Crippen LogP contribution in [0.1, 0.15) is 97.6 Å². The van der Waals surface area contributed by atoms with E-state index in [0.29, 0.717) is 25.1 Å². The number of ketones is 1. The van der Waals surface area contributed by atoms with Crippen molar-refractivity contribution in [3.8, 4) is 5.75 Å². The molecule has 2 aromatic carbocycles. The molecule has 1 heterocycles. The molecule has 0 saturated heterocycles. The second-order valence-corrected chi connectivity index (χ2v) is 12.2. The van der Waals surface area contributed by atoms with Crippen LogP contribution in [0.2, 0.25) is 0 Å². The molecule has 0 aliphatic carbocycles. The zero-order valence-electron chi connectivity index (χ0n) is 29.0. The topological polar surface area (TPSA) is 139 Å². The number of rotatable bonds is 16. The quantitative estimate of drug-likeness (QED) is 0.133. The molecule has 9 heteroatoms. The molecule has 0 radical (unpaired) electrons. The molecule has 5 N–H and O–H groups in total. The highest BCUT2D eigenvalue weighted by Gasteiger charge is 2.28. The molecule has 0 bridgehead atoms. The maximum atomic E-state index is 12.5. The van der Waals surface area contributed by atoms with Crippen LogP contribution in [-0.4, -0.2) is 46.3 Å². The number of aromatic amines is 1. The van der Waals surface area contributed by atoms with Gasteiger partial charge in [-0.3, -0.25) is 14.4 Å². The number of nitrogens with zero attached hydrogens (tertiary/aromatic N) is 1. The number of methoxy groups -OCH3 is 1. The largest absolute Gasteiger partial charge is 0.497 e. The van der Waals surface area contributed by atoms with Crippen LogP contribution in [0.25, 0.3) is 0 Å². The van der Waals surface area contributed by atoms with Crippen molar-refractivity contribution in [2.75, 3.05) is 12.4 Å². The molecule has 3 rings (SSSR count). The fourth-order valence-corrected chi connectivity index (χ4v) is 4.54. The molecule has 0 aliphatic heterocycles. The first-order chi connectivity index (χ1) is 21.9. The summed E-state index contributed by atoms with van der Waals surface area (Å²) < 4.78 is 5.02. The van der Waals surface area contributed by atoms with Gasteiger partial charge in [-0.2, -0.15) is 0 Å². The summed E-state index contributed by atoms with van der Waals surface area (Å²) in [5.41, 5.74) is 7.02. The Bertz CT molecular complexity index is 1230. The van der Waals surface area contributed by atoms with Crippen molar-refractivity contribution >= 4 is 23.4 Å². The molecule has 9 nitrogen and oxygen atoms in total. The van der Waals surface area contributed by atoms with Crippen molar-refractivity contribution in [3.63, 3.8) is 0 Å². The highest BCUT2D eigenvalue weighted by atomic mass is 16.5. The lowest BCUT2D eigenvalue weighted by Crippen LogP contribution is -2.54. The van der Waals surface area contributed by atoms with Gasteiger partial charge in [0.05, 0.1) is 25.2 Å². The Morgan fingerprint density at radius 2 is 1.57 bits per heavy atom. The van der Waals surface area contributed by atoms with Crippen molar-refractivity contribution in [1.82, 2.24) is 15.3 Å². The van der Waals surface area contributed by atoms with Gasteiger partial charge in [0.1, 0.15) is 23.4 Å². The molecule has 0 saturated carbocycles. The van der Waals surface area contributed by atoms with Crippen molar-refractivity contribution in [1.29, 1.82) is 0 Å². The summed E-state index contributed by atoms with van der Waals surface area (Å²) in [5, 5.41) is 5.46. The second kappa shape index (κ2) is 22.5. The zero-order chi connectivity index (χ0) is 34.4. The standard InChI is InChI=1S/C18H25N5O2.C11H14O2.C8H18/c1-18(2,19)17(25)22-14(16(24)23-15-11-20-12-21-15)10-6-9-13-7-4-3-5-8-13;1-3-10(12)8-9-4-6-11(13-2)7-5-9;1-4-6-8(3)7-5-2/h3-5,7-8,11-12,14H,6,9-10,19H2,1-2H3,(H,20,21)(H,22,25)(H,23,24);4-7H,3,8H2,1-2H3;8H,4-7H2,1-3H3. The normalized spacial score (nSPS) is 11.3. The van der Waals surface area contributed by atoms with E-state index < -0.39 is 11.6 Å². The highest BCUT2D eigenvalue weighted by Crippen LogP contribution is 2.13. The molecule has 0 fully saturated rings. The lowest BCUT2D eigenvalue weighted by atomic mass is 10.0. The minimum atomic E-state index is -1.05. The van der Waals surface area contributed by atoms with E-state index in [4.69, 9.17) is 10.5 Å². The number of Topliss-reactive ketones (excluding diaryl/α,β-unsaturated/α-hetero) is 1. The summed E-state index contributed by atoms with van der Waals surface area (Å²) in [6.07, 6.45) is 11.7. The Morgan fingerprint density at radius 1 is 0.935 bits per heavy atom. The Labute approximate surface area is 276 Å². The molecular formula is C37H57N5O4. The van der Waals surface area contributed by atoms with Crippen LogP contribution in [0.5, 0.6) is 5.75 Å². The van der Waals surface area contributed by atoms with Crippen LogP contribution >= 0.6 is 0 Å². The number of imidazole rings is 1. The maximum Gasteiger partial charge on any atom is 0.248 e. The van der Waals surface area contributed by atoms with Gasteiger partial charge in [0, 0.05) is 12.8 Å². The number of hydrogen-bond acceptors (Lipinski definition) is 6. The predicted molar refractivity (Wildman–Crippen MR) is 188 cm³/mol. The number of nitrogens with two attached hydrogens (primary N) is 1. The van der Waals surface area contributed by atoms with Crippen LogP contribution < -0.4 is 21.1 Å². The third-order valence-corrected chi connectivity index (χ3v) is 7.28. The van der Waals surface area contributed by atoms with Crippen molar-refractivity contribution < 1.29 is 19.1 Å². The summed E-state index contributed by atoms with van der Waals surface area (Å²) in [6, 6.07) is 16.9. The molecule has 254 valence electrons. The van der Waals surface area contributed by atoms with Crippen molar-refractivity contribution in [2.45, 2.75) is 111 Å². The Morgan fingerprint density at radius 3 is 2.07 bits per heavy atom. The van der Waals surface area contributed by atoms with Crippen LogP contribution in [0.15, 0.2) is 67.1 Å². The molecular weight excluding hydrogens is 578 g/mol. The highest BCUT2D eigenvalue weighted by molar-refractivity contribution is 5.97. The van der Waals surface area contributed by atoms with E-state index in [-0.39, 0.29) is 17.6 Å². The molecule has 0 aliphatic rings. The number of carbonyl (C=O) groups is 3. The monoisotopic (exact) mass is 635 g/mol. The minimum Gasteiger partial charge on any atom is -0.497 e. The predicted octanol–water partition coefficient (Wildman–Crippen LogP) is 7.03. The van der Waals surface area contributed by atoms with Gasteiger partial charge in [-0.25, -0.2) is 4.98 Å². The smallest absolute Gasteiger partial charge is 0.248 e. The molecule has 46 heavy (non-hydrogen) atoms. The van der Waals surface area contributed by atoms with Gasteiger partial charge in [-0.15, -0.1) is 0 Å². The second-order valence-electron chi connectivity index (χ2n) is 12.2. The number of aromatic nitrogens is 2. The number of hydrogen-bond donors (Lipinski definition) is 4. The fourth-order valence-electron chi connectivity index (χ4n) is 4.54. The first-order valence-corrected chi connectivity index (χ1v) is 16.5. The minimum absolute atomic E-state index is 0.269. The number of ether oxygens (including phenoxy) is 1. The summed E-state index contributed by atoms with van der Waals surface area (Å²) in [5.74, 6) is 1.88. The summed E-state index contributed by atoms with van der Waals surface area (Å²) in [6.45, 7) is 11.9. The van der Waals surface area contributed by atoms with E-state index in [0.717, 1.165) is 30.1 Å². The molecule has 2 amide bonds. The number of aryl methyl sites for hydroxylation is 1. The van der Waals surface area contributed by atoms with E-state index in [1.54, 1.807) is 21.0 Å². The number of carbonyl (C=O) groups excluding carboxylic acids is 3. The van der Waals surface area contributed by atoms with E-state index in [1.165, 1.54) is 43.8 Å². The van der Waals surface area contributed by atoms with E-state index in [1.807, 2.05) is 61.5 Å². The fraction of sp³-hybridized carbons (Fsp3) is 0.514. The van der Waals surface area contributed by atoms with Crippen LogP contribution in [0, 0.1) is 5.92 Å². The first-order valence-electron chi connectivity index (χ1n) is 16.5. The number of benzene rings is 2. The van der Waals surface area contributed by atoms with E-state index in [2.05, 4.69) is 41.4 Å². The third kappa shape index (κ3) is 17.5. The number of nitrogens with one attached hydrogen (secondary N) is 3. The molecule has 1 atom stereocenters. The van der Waals surface area contributed by atoms with E-state index in [9.17, 15) is 14.4 Å². The van der Waals surface area contributed by atoms with Crippen molar-refractivity contribution in [3.05, 3.63) is 78.2 Å². The Balaban J connectivity index is 0.000000418. The number of amides is 2. The first kappa shape index (κ1) is 40.0. The molecule has 3 aromatic rings. The molecule has 1 aromatic heterocycles. The summed E-state index contributed by atoms with van der Waals surface area (Å²) in [7, 11) is 1.63. The SMILES string of the molecule is CC(C)(N)C(=O)NC(CCCc1ccccc1)C(=O)Nc1cnc[nH]1.CCC(=O)Cc1ccc(OC)cc1.CCCC(C)CCC. The van der Waals surface area contributed by atoms with Gasteiger partial charge in [0.2, 0.25) is 11.8 Å². The number of H-pyrrole nitrogens is 1. The van der Waals surface area contributed by atoms with Crippen molar-refractivity contribution in [2.24, 2.45) is 11.7 Å². The maximum absolute atomic E-state index is 12.5. The molecule has 0 spiro atoms. The number of anilines is 1. The van der Waals surface area contributed by atoms with Crippen LogP contribution in [-0.2, 0) is 27.2 Å². The van der Waals surface area contributed by atoms with Crippen LogP contribution in [0.3, 0.4) is 0 Å². The lowest BCUT2D eigenvalue weighted by Gasteiger charge is -2.23. The summed E-state index contributed by atoms with van der Waals surface area (Å²) >= 11 is 0. The average Bonchev–Trinajstić information content (AvgIpc) is 3.55. The Hall–Kier alpha value is -3.98. The van der Waals surface area contributed by atoms with Gasteiger partial charge in [0.15, 0.2) is 0 Å². The van der Waals surface area contributed by atoms with Gasteiger partial charge >= 0.3 is 0 Å².